The van der Waals surface area contributed by atoms with Gasteiger partial charge in [-0.3, -0.25) is 0 Å². The molecular formula is C8H10N2S. The van der Waals surface area contributed by atoms with Gasteiger partial charge in [-0.05, 0) is 24.3 Å². The van der Waals surface area contributed by atoms with Gasteiger partial charge in [0.05, 0.1) is 0 Å². The van der Waals surface area contributed by atoms with Gasteiger partial charge in [-0.15, -0.1) is 11.8 Å². The quantitative estimate of drug-likeness (QED) is 0.638. The van der Waals surface area contributed by atoms with Gasteiger partial charge in [-0.2, -0.15) is 0 Å². The number of anilines is 1. The molecule has 1 N–H and O–H groups in total. The van der Waals surface area contributed by atoms with Gasteiger partial charge in [0.15, 0.2) is 0 Å². The zero-order valence-electron chi connectivity index (χ0n) is 6.21. The third-order valence-corrected chi connectivity index (χ3v) is 2.78. The monoisotopic (exact) mass is 166 g/mol. The van der Waals surface area contributed by atoms with Crippen molar-refractivity contribution in [3.63, 3.8) is 0 Å². The van der Waals surface area contributed by atoms with Crippen molar-refractivity contribution < 1.29 is 0 Å². The van der Waals surface area contributed by atoms with Gasteiger partial charge in [0, 0.05) is 17.6 Å². The Hall–Kier alpha value is -0.700. The number of thioether (sulfide) groups is 1. The summed E-state index contributed by atoms with van der Waals surface area (Å²) in [6.45, 7) is 1.05. The lowest BCUT2D eigenvalue weighted by Gasteiger charge is -2.02. The standard InChI is InChI=1S/C8H10N2S/c1-3-7-8(9-4-1)10-5-2-6-11-7/h1,3-4H,2,5-6H2,(H,9,10). The molecule has 0 atom stereocenters. The first-order valence-electron chi connectivity index (χ1n) is 3.78. The molecule has 2 rings (SSSR count). The van der Waals surface area contributed by atoms with Crippen LogP contribution < -0.4 is 5.32 Å². The van der Waals surface area contributed by atoms with Gasteiger partial charge in [-0.1, -0.05) is 0 Å². The van der Waals surface area contributed by atoms with Gasteiger partial charge in [0.1, 0.15) is 5.82 Å². The first-order chi connectivity index (χ1) is 5.47. The minimum atomic E-state index is 1.05. The van der Waals surface area contributed by atoms with Gasteiger partial charge in [0.2, 0.25) is 0 Å². The molecule has 0 saturated carbocycles. The van der Waals surface area contributed by atoms with Crippen molar-refractivity contribution in [1.82, 2.24) is 4.98 Å². The highest BCUT2D eigenvalue weighted by atomic mass is 32.2. The second-order valence-electron chi connectivity index (χ2n) is 2.48. The van der Waals surface area contributed by atoms with E-state index in [0.717, 1.165) is 12.4 Å². The number of rotatable bonds is 0. The zero-order chi connectivity index (χ0) is 7.52. The molecular weight excluding hydrogens is 156 g/mol. The normalized spacial score (nSPS) is 16.4. The van der Waals surface area contributed by atoms with Gasteiger partial charge >= 0.3 is 0 Å². The number of nitrogens with one attached hydrogen (secondary N) is 1. The molecule has 0 saturated heterocycles. The molecule has 0 spiro atoms. The van der Waals surface area contributed by atoms with Crippen LogP contribution in [0, 0.1) is 0 Å². The summed E-state index contributed by atoms with van der Waals surface area (Å²) in [7, 11) is 0. The summed E-state index contributed by atoms with van der Waals surface area (Å²) in [5, 5.41) is 3.29. The van der Waals surface area contributed by atoms with Crippen molar-refractivity contribution in [3.05, 3.63) is 18.3 Å². The van der Waals surface area contributed by atoms with E-state index in [2.05, 4.69) is 16.4 Å². The number of pyridine rings is 1. The van der Waals surface area contributed by atoms with Crippen LogP contribution in [0.1, 0.15) is 6.42 Å². The van der Waals surface area contributed by atoms with Crippen LogP contribution in [0.2, 0.25) is 0 Å². The summed E-state index contributed by atoms with van der Waals surface area (Å²) in [4.78, 5) is 5.53. The Kier molecular flexibility index (Phi) is 1.99. The maximum atomic E-state index is 4.25. The Bertz CT molecular complexity index is 225. The average Bonchev–Trinajstić information content (AvgIpc) is 2.28. The minimum absolute atomic E-state index is 1.05. The van der Waals surface area contributed by atoms with E-state index >= 15 is 0 Å². The summed E-state index contributed by atoms with van der Waals surface area (Å²) in [5.41, 5.74) is 0. The van der Waals surface area contributed by atoms with Crippen LogP contribution in [0.3, 0.4) is 0 Å². The fourth-order valence-electron chi connectivity index (χ4n) is 1.10. The molecule has 58 valence electrons. The maximum absolute atomic E-state index is 4.25. The Morgan fingerprint density at radius 3 is 3.55 bits per heavy atom. The molecule has 0 aliphatic carbocycles. The van der Waals surface area contributed by atoms with E-state index in [1.165, 1.54) is 17.1 Å². The minimum Gasteiger partial charge on any atom is -0.369 e. The highest BCUT2D eigenvalue weighted by Gasteiger charge is 2.06. The number of nitrogens with zero attached hydrogens (tertiary/aromatic N) is 1. The van der Waals surface area contributed by atoms with E-state index in [4.69, 9.17) is 0 Å². The highest BCUT2D eigenvalue weighted by molar-refractivity contribution is 7.99. The summed E-state index contributed by atoms with van der Waals surface area (Å²) in [5.74, 6) is 2.25. The molecule has 0 amide bonds. The maximum Gasteiger partial charge on any atom is 0.139 e. The largest absolute Gasteiger partial charge is 0.369 e. The van der Waals surface area contributed by atoms with Gasteiger partial charge < -0.3 is 5.32 Å². The molecule has 1 aromatic heterocycles. The molecule has 1 aliphatic heterocycles. The topological polar surface area (TPSA) is 24.9 Å². The van der Waals surface area contributed by atoms with E-state index in [-0.39, 0.29) is 0 Å². The second-order valence-corrected chi connectivity index (χ2v) is 3.62. The van der Waals surface area contributed by atoms with E-state index in [0.29, 0.717) is 0 Å². The van der Waals surface area contributed by atoms with Crippen LogP contribution in [-0.4, -0.2) is 17.3 Å². The van der Waals surface area contributed by atoms with Crippen LogP contribution >= 0.6 is 11.8 Å². The molecule has 0 fully saturated rings. The van der Waals surface area contributed by atoms with Gasteiger partial charge in [0.25, 0.3) is 0 Å². The third-order valence-electron chi connectivity index (χ3n) is 1.64. The van der Waals surface area contributed by atoms with Crippen molar-refractivity contribution >= 4 is 17.6 Å². The number of hydrogen-bond acceptors (Lipinski definition) is 3. The summed E-state index contributed by atoms with van der Waals surface area (Å²) in [6, 6.07) is 4.10. The molecule has 0 unspecified atom stereocenters. The predicted molar refractivity (Wildman–Crippen MR) is 48.1 cm³/mol. The summed E-state index contributed by atoms with van der Waals surface area (Å²) < 4.78 is 0. The van der Waals surface area contributed by atoms with Crippen LogP contribution in [-0.2, 0) is 0 Å². The van der Waals surface area contributed by atoms with Gasteiger partial charge in [-0.25, -0.2) is 4.98 Å². The third kappa shape index (κ3) is 1.48. The molecule has 0 radical (unpaired) electrons. The number of aromatic nitrogens is 1. The van der Waals surface area contributed by atoms with Crippen molar-refractivity contribution in [2.45, 2.75) is 11.3 Å². The smallest absolute Gasteiger partial charge is 0.139 e. The van der Waals surface area contributed by atoms with Crippen molar-refractivity contribution in [1.29, 1.82) is 0 Å². The van der Waals surface area contributed by atoms with Crippen molar-refractivity contribution in [3.8, 4) is 0 Å². The Labute approximate surface area is 70.4 Å². The predicted octanol–water partition coefficient (Wildman–Crippen LogP) is 1.99. The Morgan fingerprint density at radius 1 is 1.55 bits per heavy atom. The second kappa shape index (κ2) is 3.13. The lowest BCUT2D eigenvalue weighted by molar-refractivity contribution is 0.987. The molecule has 1 aromatic rings. The van der Waals surface area contributed by atoms with Crippen LogP contribution in [0.25, 0.3) is 0 Å². The first kappa shape index (κ1) is 6.98. The summed E-state index contributed by atoms with van der Waals surface area (Å²) in [6.07, 6.45) is 3.05. The SMILES string of the molecule is c1cnc2c(c1)SCCCN2. The fourth-order valence-corrected chi connectivity index (χ4v) is 2.05. The molecule has 0 aromatic carbocycles. The van der Waals surface area contributed by atoms with Crippen molar-refractivity contribution in [2.75, 3.05) is 17.6 Å². The summed E-state index contributed by atoms with van der Waals surface area (Å²) >= 11 is 1.88. The molecule has 2 nitrogen and oxygen atoms in total. The number of hydrogen-bond donors (Lipinski definition) is 1. The average molecular weight is 166 g/mol. The lowest BCUT2D eigenvalue weighted by Crippen LogP contribution is -2.01. The van der Waals surface area contributed by atoms with Crippen LogP contribution in [0.4, 0.5) is 5.82 Å². The molecule has 3 heteroatoms. The molecule has 11 heavy (non-hydrogen) atoms. The lowest BCUT2D eigenvalue weighted by atomic mass is 10.4. The van der Waals surface area contributed by atoms with Crippen LogP contribution in [0.15, 0.2) is 23.2 Å². The van der Waals surface area contributed by atoms with E-state index in [1.807, 2.05) is 24.0 Å². The molecule has 1 aliphatic rings. The first-order valence-corrected chi connectivity index (χ1v) is 4.77. The molecule has 2 heterocycles. The zero-order valence-corrected chi connectivity index (χ0v) is 7.03. The van der Waals surface area contributed by atoms with Crippen molar-refractivity contribution in [2.24, 2.45) is 0 Å². The van der Waals surface area contributed by atoms with E-state index in [9.17, 15) is 0 Å². The highest BCUT2D eigenvalue weighted by Crippen LogP contribution is 2.27. The molecule has 0 bridgehead atoms. The fraction of sp³-hybridized carbons (Fsp3) is 0.375. The Balaban J connectivity index is 2.33. The van der Waals surface area contributed by atoms with E-state index < -0.39 is 0 Å². The number of fused-ring (bicyclic) bond motifs is 1. The van der Waals surface area contributed by atoms with E-state index in [1.54, 1.807) is 0 Å². The van der Waals surface area contributed by atoms with Crippen LogP contribution in [0.5, 0.6) is 0 Å². The Morgan fingerprint density at radius 2 is 2.55 bits per heavy atom.